The van der Waals surface area contributed by atoms with Gasteiger partial charge in [0.25, 0.3) is 11.8 Å². The number of fused-ring (bicyclic) bond motifs is 2. The molecule has 1 aliphatic heterocycles. The molecule has 3 amide bonds. The third kappa shape index (κ3) is 3.95. The van der Waals surface area contributed by atoms with Gasteiger partial charge in [0.15, 0.2) is 0 Å². The molecule has 0 saturated carbocycles. The van der Waals surface area contributed by atoms with Crippen molar-refractivity contribution in [1.29, 1.82) is 0 Å². The number of amides is 3. The SMILES string of the molecule is Cc1ccc2c(c1)C(=O)N(CCCC(=O)NCc1nn(-c3ccccc3)c3c1CCC3)C2=O. The van der Waals surface area contributed by atoms with Crippen LogP contribution in [0.3, 0.4) is 0 Å². The Kier molecular flexibility index (Phi) is 5.54. The van der Waals surface area contributed by atoms with Gasteiger partial charge in [0.2, 0.25) is 5.91 Å². The zero-order valence-electron chi connectivity index (χ0n) is 18.6. The van der Waals surface area contributed by atoms with Gasteiger partial charge in [0.05, 0.1) is 29.1 Å². The Hall–Kier alpha value is -3.74. The zero-order valence-corrected chi connectivity index (χ0v) is 18.6. The van der Waals surface area contributed by atoms with Crippen LogP contribution < -0.4 is 5.32 Å². The van der Waals surface area contributed by atoms with Gasteiger partial charge in [-0.1, -0.05) is 29.8 Å². The second-order valence-electron chi connectivity index (χ2n) is 8.66. The van der Waals surface area contributed by atoms with Crippen LogP contribution in [0.25, 0.3) is 5.69 Å². The van der Waals surface area contributed by atoms with Crippen molar-refractivity contribution in [1.82, 2.24) is 20.0 Å². The largest absolute Gasteiger partial charge is 0.350 e. The molecule has 0 spiro atoms. The minimum Gasteiger partial charge on any atom is -0.350 e. The summed E-state index contributed by atoms with van der Waals surface area (Å²) in [6.45, 7) is 2.51. The summed E-state index contributed by atoms with van der Waals surface area (Å²) in [5, 5.41) is 7.73. The molecule has 168 valence electrons. The van der Waals surface area contributed by atoms with Crippen LogP contribution in [-0.4, -0.2) is 38.9 Å². The van der Waals surface area contributed by atoms with E-state index in [0.717, 1.165) is 36.2 Å². The van der Waals surface area contributed by atoms with E-state index in [1.165, 1.54) is 16.2 Å². The quantitative estimate of drug-likeness (QED) is 0.569. The fraction of sp³-hybridized carbons (Fsp3) is 0.308. The van der Waals surface area contributed by atoms with Crippen molar-refractivity contribution in [2.45, 2.75) is 45.6 Å². The smallest absolute Gasteiger partial charge is 0.261 e. The molecule has 1 aliphatic carbocycles. The molecular formula is C26H26N4O3. The van der Waals surface area contributed by atoms with Crippen LogP contribution in [-0.2, 0) is 24.2 Å². The Bertz CT molecular complexity index is 1250. The van der Waals surface area contributed by atoms with Gasteiger partial charge in [0, 0.05) is 18.7 Å². The molecule has 1 N–H and O–H groups in total. The third-order valence-corrected chi connectivity index (χ3v) is 6.38. The maximum absolute atomic E-state index is 12.6. The van der Waals surface area contributed by atoms with E-state index in [1.54, 1.807) is 12.1 Å². The molecular weight excluding hydrogens is 416 g/mol. The van der Waals surface area contributed by atoms with Gasteiger partial charge >= 0.3 is 0 Å². The first-order valence-corrected chi connectivity index (χ1v) is 11.4. The first kappa shape index (κ1) is 21.1. The molecule has 0 bridgehead atoms. The van der Waals surface area contributed by atoms with E-state index in [-0.39, 0.29) is 30.7 Å². The number of carbonyl (C=O) groups is 3. The Morgan fingerprint density at radius 2 is 1.82 bits per heavy atom. The molecule has 7 nitrogen and oxygen atoms in total. The highest BCUT2D eigenvalue weighted by Crippen LogP contribution is 2.28. The lowest BCUT2D eigenvalue weighted by Crippen LogP contribution is -2.32. The molecule has 0 saturated heterocycles. The summed E-state index contributed by atoms with van der Waals surface area (Å²) in [6.07, 6.45) is 3.74. The van der Waals surface area contributed by atoms with Crippen molar-refractivity contribution in [2.24, 2.45) is 0 Å². The summed E-state index contributed by atoms with van der Waals surface area (Å²) in [5.41, 5.74) is 6.24. The van der Waals surface area contributed by atoms with E-state index >= 15 is 0 Å². The summed E-state index contributed by atoms with van der Waals surface area (Å²) in [5.74, 6) is -0.665. The molecule has 0 radical (unpaired) electrons. The van der Waals surface area contributed by atoms with Gasteiger partial charge in [-0.05, 0) is 62.4 Å². The van der Waals surface area contributed by atoms with E-state index in [1.807, 2.05) is 48.0 Å². The maximum atomic E-state index is 12.6. The monoisotopic (exact) mass is 442 g/mol. The number of hydrogen-bond donors (Lipinski definition) is 1. The average molecular weight is 443 g/mol. The molecule has 2 aliphatic rings. The van der Waals surface area contributed by atoms with Crippen molar-refractivity contribution in [3.63, 3.8) is 0 Å². The predicted octanol–water partition coefficient (Wildman–Crippen LogP) is 3.36. The summed E-state index contributed by atoms with van der Waals surface area (Å²) in [7, 11) is 0. The number of carbonyl (C=O) groups excluding carboxylic acids is 3. The number of benzene rings is 2. The van der Waals surface area contributed by atoms with E-state index in [9.17, 15) is 14.4 Å². The van der Waals surface area contributed by atoms with Crippen LogP contribution in [0.4, 0.5) is 0 Å². The molecule has 2 heterocycles. The number of hydrogen-bond acceptors (Lipinski definition) is 4. The number of nitrogens with zero attached hydrogens (tertiary/aromatic N) is 3. The highest BCUT2D eigenvalue weighted by Gasteiger charge is 2.35. The van der Waals surface area contributed by atoms with Crippen molar-refractivity contribution >= 4 is 17.7 Å². The number of imide groups is 1. The average Bonchev–Trinajstić information content (AvgIpc) is 3.49. The van der Waals surface area contributed by atoms with Crippen LogP contribution in [0.1, 0.15) is 62.5 Å². The fourth-order valence-electron chi connectivity index (χ4n) is 4.71. The van der Waals surface area contributed by atoms with Gasteiger partial charge in [-0.25, -0.2) is 4.68 Å². The summed E-state index contributed by atoms with van der Waals surface area (Å²) in [4.78, 5) is 38.8. The minimum atomic E-state index is -0.280. The van der Waals surface area contributed by atoms with Crippen LogP contribution in [0.2, 0.25) is 0 Å². The number of nitrogens with one attached hydrogen (secondary N) is 1. The normalized spacial score (nSPS) is 14.5. The van der Waals surface area contributed by atoms with Crippen molar-refractivity contribution in [3.05, 3.63) is 82.2 Å². The van der Waals surface area contributed by atoms with E-state index in [4.69, 9.17) is 5.10 Å². The zero-order chi connectivity index (χ0) is 22.9. The Morgan fingerprint density at radius 1 is 1.03 bits per heavy atom. The molecule has 1 aromatic heterocycles. The van der Waals surface area contributed by atoms with E-state index < -0.39 is 0 Å². The summed E-state index contributed by atoms with van der Waals surface area (Å²) >= 11 is 0. The highest BCUT2D eigenvalue weighted by molar-refractivity contribution is 6.21. The first-order valence-electron chi connectivity index (χ1n) is 11.4. The van der Waals surface area contributed by atoms with Gasteiger partial charge in [-0.15, -0.1) is 0 Å². The van der Waals surface area contributed by atoms with Gasteiger partial charge in [-0.2, -0.15) is 5.10 Å². The minimum absolute atomic E-state index is 0.108. The number of aryl methyl sites for hydroxylation is 1. The van der Waals surface area contributed by atoms with Crippen LogP contribution in [0, 0.1) is 6.92 Å². The molecule has 2 aromatic carbocycles. The first-order chi connectivity index (χ1) is 16.0. The fourth-order valence-corrected chi connectivity index (χ4v) is 4.71. The predicted molar refractivity (Wildman–Crippen MR) is 123 cm³/mol. The van der Waals surface area contributed by atoms with Crippen molar-refractivity contribution in [3.8, 4) is 5.69 Å². The molecule has 5 rings (SSSR count). The third-order valence-electron chi connectivity index (χ3n) is 6.38. The van der Waals surface area contributed by atoms with Gasteiger partial charge in [-0.3, -0.25) is 19.3 Å². The molecule has 0 atom stereocenters. The summed E-state index contributed by atoms with van der Waals surface area (Å²) < 4.78 is 1.99. The lowest BCUT2D eigenvalue weighted by Gasteiger charge is -2.13. The lowest BCUT2D eigenvalue weighted by molar-refractivity contribution is -0.121. The standard InChI is InChI=1S/C26H26N4O3/c1-17-12-13-19-21(15-17)26(33)29(25(19)32)14-6-11-24(31)27-16-22-20-9-5-10-23(20)30(28-22)18-7-3-2-4-8-18/h2-4,7-8,12-13,15H,5-6,9-11,14,16H2,1H3,(H,27,31). The molecule has 3 aromatic rings. The van der Waals surface area contributed by atoms with Crippen LogP contribution >= 0.6 is 0 Å². The second kappa shape index (κ2) is 8.65. The Morgan fingerprint density at radius 3 is 2.64 bits per heavy atom. The highest BCUT2D eigenvalue weighted by atomic mass is 16.2. The topological polar surface area (TPSA) is 84.3 Å². The van der Waals surface area contributed by atoms with Gasteiger partial charge in [0.1, 0.15) is 0 Å². The van der Waals surface area contributed by atoms with Crippen LogP contribution in [0.15, 0.2) is 48.5 Å². The maximum Gasteiger partial charge on any atom is 0.261 e. The Balaban J connectivity index is 1.17. The van der Waals surface area contributed by atoms with Crippen molar-refractivity contribution in [2.75, 3.05) is 6.54 Å². The number of para-hydroxylation sites is 1. The molecule has 0 fully saturated rings. The second-order valence-corrected chi connectivity index (χ2v) is 8.66. The molecule has 33 heavy (non-hydrogen) atoms. The summed E-state index contributed by atoms with van der Waals surface area (Å²) in [6, 6.07) is 15.3. The Labute approximate surface area is 192 Å². The van der Waals surface area contributed by atoms with Crippen LogP contribution in [0.5, 0.6) is 0 Å². The molecule has 0 unspecified atom stereocenters. The number of rotatable bonds is 7. The lowest BCUT2D eigenvalue weighted by atomic mass is 10.1. The number of aromatic nitrogens is 2. The van der Waals surface area contributed by atoms with Gasteiger partial charge < -0.3 is 5.32 Å². The molecule has 7 heteroatoms. The van der Waals surface area contributed by atoms with E-state index in [2.05, 4.69) is 5.32 Å². The van der Waals surface area contributed by atoms with Crippen molar-refractivity contribution < 1.29 is 14.4 Å². The van der Waals surface area contributed by atoms with E-state index in [0.29, 0.717) is 24.1 Å².